The molecule has 1 aliphatic rings. The van der Waals surface area contributed by atoms with Gasteiger partial charge in [-0.1, -0.05) is 20.8 Å². The molecule has 1 aliphatic heterocycles. The number of hydrogen-bond acceptors (Lipinski definition) is 5. The molecular weight excluding hydrogens is 254 g/mol. The SMILES string of the molecule is Cc1c(N)nc(C(C)(C)C)nc1N1CCNC(=O)C1C. The normalized spacial score (nSPS) is 19.9. The standard InChI is InChI=1S/C14H23N5O/c1-8-10(15)17-13(14(3,4)5)18-11(8)19-7-6-16-12(20)9(19)2/h9H,6-7H2,1-5H3,(H,16,20)(H2,15,17,18). The first-order valence-corrected chi connectivity index (χ1v) is 6.90. The number of aromatic nitrogens is 2. The van der Waals surface area contributed by atoms with Crippen molar-refractivity contribution in [2.45, 2.75) is 46.1 Å². The first-order chi connectivity index (χ1) is 9.21. The lowest BCUT2D eigenvalue weighted by molar-refractivity contribution is -0.122. The molecule has 1 aromatic rings. The van der Waals surface area contributed by atoms with Crippen LogP contribution >= 0.6 is 0 Å². The van der Waals surface area contributed by atoms with Crippen LogP contribution in [0, 0.1) is 6.92 Å². The van der Waals surface area contributed by atoms with Gasteiger partial charge in [-0.15, -0.1) is 0 Å². The van der Waals surface area contributed by atoms with Crippen LogP contribution < -0.4 is 16.0 Å². The summed E-state index contributed by atoms with van der Waals surface area (Å²) in [6.45, 7) is 11.3. The molecule has 2 heterocycles. The van der Waals surface area contributed by atoms with Crippen molar-refractivity contribution in [3.05, 3.63) is 11.4 Å². The maximum absolute atomic E-state index is 11.8. The molecule has 1 amide bonds. The lowest BCUT2D eigenvalue weighted by Crippen LogP contribution is -2.54. The van der Waals surface area contributed by atoms with Crippen LogP contribution in [0.3, 0.4) is 0 Å². The number of nitrogens with zero attached hydrogens (tertiary/aromatic N) is 3. The molecule has 6 nitrogen and oxygen atoms in total. The van der Waals surface area contributed by atoms with Crippen molar-refractivity contribution < 1.29 is 4.79 Å². The Kier molecular flexibility index (Phi) is 3.58. The summed E-state index contributed by atoms with van der Waals surface area (Å²) in [4.78, 5) is 22.9. The average molecular weight is 277 g/mol. The van der Waals surface area contributed by atoms with E-state index in [4.69, 9.17) is 5.73 Å². The summed E-state index contributed by atoms with van der Waals surface area (Å²) in [6, 6.07) is -0.246. The molecule has 0 radical (unpaired) electrons. The molecule has 20 heavy (non-hydrogen) atoms. The predicted molar refractivity (Wildman–Crippen MR) is 79.7 cm³/mol. The molecular formula is C14H23N5O. The maximum Gasteiger partial charge on any atom is 0.242 e. The Hall–Kier alpha value is -1.85. The first kappa shape index (κ1) is 14.6. The van der Waals surface area contributed by atoms with Gasteiger partial charge in [0.05, 0.1) is 0 Å². The van der Waals surface area contributed by atoms with Crippen LogP contribution in [0.5, 0.6) is 0 Å². The number of piperazine rings is 1. The molecule has 110 valence electrons. The van der Waals surface area contributed by atoms with E-state index in [0.717, 1.165) is 17.9 Å². The van der Waals surface area contributed by atoms with Crippen molar-refractivity contribution in [3.8, 4) is 0 Å². The number of nitrogens with two attached hydrogens (primary N) is 1. The first-order valence-electron chi connectivity index (χ1n) is 6.90. The largest absolute Gasteiger partial charge is 0.383 e. The summed E-state index contributed by atoms with van der Waals surface area (Å²) in [7, 11) is 0. The van der Waals surface area contributed by atoms with Crippen molar-refractivity contribution in [1.82, 2.24) is 15.3 Å². The zero-order valence-electron chi connectivity index (χ0n) is 12.8. The highest BCUT2D eigenvalue weighted by Gasteiger charge is 2.30. The second-order valence-corrected chi connectivity index (χ2v) is 6.29. The van der Waals surface area contributed by atoms with Crippen LogP contribution in [0.2, 0.25) is 0 Å². The lowest BCUT2D eigenvalue weighted by Gasteiger charge is -2.35. The van der Waals surface area contributed by atoms with Gasteiger partial charge in [0.15, 0.2) is 0 Å². The van der Waals surface area contributed by atoms with Gasteiger partial charge in [-0.3, -0.25) is 4.79 Å². The van der Waals surface area contributed by atoms with E-state index in [2.05, 4.69) is 15.3 Å². The summed E-state index contributed by atoms with van der Waals surface area (Å²) in [6.07, 6.45) is 0. The van der Waals surface area contributed by atoms with E-state index >= 15 is 0 Å². The van der Waals surface area contributed by atoms with Crippen molar-refractivity contribution >= 4 is 17.5 Å². The summed E-state index contributed by atoms with van der Waals surface area (Å²) in [5, 5.41) is 2.86. The van der Waals surface area contributed by atoms with Crippen LogP contribution in [0.4, 0.5) is 11.6 Å². The topological polar surface area (TPSA) is 84.1 Å². The number of carbonyl (C=O) groups excluding carboxylic acids is 1. The van der Waals surface area contributed by atoms with Gasteiger partial charge in [0.25, 0.3) is 0 Å². The minimum atomic E-state index is -0.246. The third-order valence-electron chi connectivity index (χ3n) is 3.60. The van der Waals surface area contributed by atoms with Gasteiger partial charge >= 0.3 is 0 Å². The quantitative estimate of drug-likeness (QED) is 0.799. The van der Waals surface area contributed by atoms with E-state index in [1.165, 1.54) is 0 Å². The molecule has 0 bridgehead atoms. The molecule has 3 N–H and O–H groups in total. The van der Waals surface area contributed by atoms with Crippen molar-refractivity contribution in [3.63, 3.8) is 0 Å². The second kappa shape index (κ2) is 4.92. The number of nitrogens with one attached hydrogen (secondary N) is 1. The zero-order valence-corrected chi connectivity index (χ0v) is 12.8. The molecule has 0 saturated carbocycles. The molecule has 2 rings (SSSR count). The van der Waals surface area contributed by atoms with Crippen LogP contribution in [-0.2, 0) is 10.2 Å². The monoisotopic (exact) mass is 277 g/mol. The molecule has 1 saturated heterocycles. The van der Waals surface area contributed by atoms with Gasteiger partial charge in [-0.25, -0.2) is 9.97 Å². The number of anilines is 2. The van der Waals surface area contributed by atoms with Gasteiger partial charge in [0, 0.05) is 24.1 Å². The molecule has 0 aliphatic carbocycles. The highest BCUT2D eigenvalue weighted by atomic mass is 16.2. The number of nitrogen functional groups attached to an aromatic ring is 1. The van der Waals surface area contributed by atoms with Crippen LogP contribution in [0.1, 0.15) is 39.1 Å². The summed E-state index contributed by atoms with van der Waals surface area (Å²) in [5.41, 5.74) is 6.68. The molecule has 1 aromatic heterocycles. The van der Waals surface area contributed by atoms with E-state index in [9.17, 15) is 4.79 Å². The van der Waals surface area contributed by atoms with Crippen LogP contribution in [0.25, 0.3) is 0 Å². The number of hydrogen-bond donors (Lipinski definition) is 2. The lowest BCUT2D eigenvalue weighted by atomic mass is 9.95. The number of amides is 1. The molecule has 1 atom stereocenters. The smallest absolute Gasteiger partial charge is 0.242 e. The minimum absolute atomic E-state index is 0.0187. The predicted octanol–water partition coefficient (Wildman–Crippen LogP) is 0.989. The number of rotatable bonds is 1. The van der Waals surface area contributed by atoms with Gasteiger partial charge in [0.1, 0.15) is 23.5 Å². The molecule has 1 fully saturated rings. The maximum atomic E-state index is 11.8. The highest BCUT2D eigenvalue weighted by molar-refractivity contribution is 5.86. The fraction of sp³-hybridized carbons (Fsp3) is 0.643. The Labute approximate surface area is 119 Å². The van der Waals surface area contributed by atoms with Gasteiger partial charge in [0.2, 0.25) is 5.91 Å². The molecule has 6 heteroatoms. The van der Waals surface area contributed by atoms with Crippen molar-refractivity contribution in [2.24, 2.45) is 0 Å². The average Bonchev–Trinajstić information content (AvgIpc) is 2.35. The second-order valence-electron chi connectivity index (χ2n) is 6.29. The minimum Gasteiger partial charge on any atom is -0.383 e. The van der Waals surface area contributed by atoms with Crippen molar-refractivity contribution in [1.29, 1.82) is 0 Å². The number of carbonyl (C=O) groups is 1. The highest BCUT2D eigenvalue weighted by Crippen LogP contribution is 2.28. The summed E-state index contributed by atoms with van der Waals surface area (Å²) in [5.74, 6) is 1.97. The summed E-state index contributed by atoms with van der Waals surface area (Å²) < 4.78 is 0. The Bertz CT molecular complexity index is 535. The zero-order chi connectivity index (χ0) is 15.1. The Morgan fingerprint density at radius 3 is 2.60 bits per heavy atom. The van der Waals surface area contributed by atoms with E-state index in [-0.39, 0.29) is 17.4 Å². The van der Waals surface area contributed by atoms with Crippen molar-refractivity contribution in [2.75, 3.05) is 23.7 Å². The Balaban J connectivity index is 2.50. The molecule has 1 unspecified atom stereocenters. The van der Waals surface area contributed by atoms with Gasteiger partial charge < -0.3 is 16.0 Å². The molecule has 0 aromatic carbocycles. The van der Waals surface area contributed by atoms with Crippen LogP contribution in [0.15, 0.2) is 0 Å². The van der Waals surface area contributed by atoms with E-state index in [1.807, 2.05) is 39.5 Å². The fourth-order valence-corrected chi connectivity index (χ4v) is 2.21. The third-order valence-corrected chi connectivity index (χ3v) is 3.60. The van der Waals surface area contributed by atoms with Gasteiger partial charge in [-0.2, -0.15) is 0 Å². The van der Waals surface area contributed by atoms with Crippen LogP contribution in [-0.4, -0.2) is 35.0 Å². The van der Waals surface area contributed by atoms with E-state index in [1.54, 1.807) is 0 Å². The van der Waals surface area contributed by atoms with E-state index in [0.29, 0.717) is 18.2 Å². The Morgan fingerprint density at radius 2 is 2.00 bits per heavy atom. The summed E-state index contributed by atoms with van der Waals surface area (Å²) >= 11 is 0. The molecule has 0 spiro atoms. The fourth-order valence-electron chi connectivity index (χ4n) is 2.21. The van der Waals surface area contributed by atoms with Gasteiger partial charge in [-0.05, 0) is 13.8 Å². The van der Waals surface area contributed by atoms with E-state index < -0.39 is 0 Å². The Morgan fingerprint density at radius 1 is 1.35 bits per heavy atom. The third kappa shape index (κ3) is 2.55.